The number of ether oxygens (including phenoxy) is 2. The van der Waals surface area contributed by atoms with Crippen LogP contribution in [0.25, 0.3) is 0 Å². The fourth-order valence-electron chi connectivity index (χ4n) is 2.56. The minimum absolute atomic E-state index is 0.0336. The summed E-state index contributed by atoms with van der Waals surface area (Å²) in [6, 6.07) is 7.64. The maximum absolute atomic E-state index is 12.1. The summed E-state index contributed by atoms with van der Waals surface area (Å²) in [6.07, 6.45) is 3.42. The van der Waals surface area contributed by atoms with Crippen molar-refractivity contribution in [3.05, 3.63) is 24.3 Å². The first-order valence-electron chi connectivity index (χ1n) is 7.47. The summed E-state index contributed by atoms with van der Waals surface area (Å²) in [4.78, 5) is 12.1. The Bertz CT molecular complexity index is 465. The van der Waals surface area contributed by atoms with Crippen LogP contribution in [-0.4, -0.2) is 32.3 Å². The van der Waals surface area contributed by atoms with Gasteiger partial charge in [0.1, 0.15) is 5.75 Å². The van der Waals surface area contributed by atoms with E-state index >= 15 is 0 Å². The molecule has 1 saturated carbocycles. The molecule has 116 valence electrons. The van der Waals surface area contributed by atoms with E-state index in [2.05, 4.69) is 5.32 Å². The van der Waals surface area contributed by atoms with Gasteiger partial charge in [0.05, 0.1) is 6.61 Å². The van der Waals surface area contributed by atoms with Gasteiger partial charge in [0.2, 0.25) is 5.91 Å². The molecule has 1 fully saturated rings. The number of hydrogen-bond acceptors (Lipinski definition) is 4. The topological polar surface area (TPSA) is 73.6 Å². The molecular formula is C16H24N2O3. The molecule has 1 aromatic rings. The first-order valence-corrected chi connectivity index (χ1v) is 7.47. The molecule has 0 bridgehead atoms. The monoisotopic (exact) mass is 292 g/mol. The Kier molecular flexibility index (Phi) is 6.02. The third kappa shape index (κ3) is 5.02. The fourth-order valence-corrected chi connectivity index (χ4v) is 2.56. The van der Waals surface area contributed by atoms with Crippen molar-refractivity contribution in [2.75, 3.05) is 25.6 Å². The smallest absolute Gasteiger partial charge is 0.227 e. The van der Waals surface area contributed by atoms with Crippen molar-refractivity contribution in [1.29, 1.82) is 0 Å². The number of rotatable bonds is 7. The van der Waals surface area contributed by atoms with Crippen molar-refractivity contribution >= 4 is 11.6 Å². The van der Waals surface area contributed by atoms with Gasteiger partial charge in [-0.15, -0.1) is 0 Å². The summed E-state index contributed by atoms with van der Waals surface area (Å²) < 4.78 is 10.6. The van der Waals surface area contributed by atoms with Crippen molar-refractivity contribution in [1.82, 2.24) is 0 Å². The normalized spacial score (nSPS) is 21.2. The number of carbonyl (C=O) groups is 1. The van der Waals surface area contributed by atoms with Gasteiger partial charge in [-0.3, -0.25) is 4.79 Å². The average Bonchev–Trinajstić information content (AvgIpc) is 2.91. The quantitative estimate of drug-likeness (QED) is 0.755. The van der Waals surface area contributed by atoms with Crippen LogP contribution in [0.4, 0.5) is 5.69 Å². The van der Waals surface area contributed by atoms with Crippen LogP contribution in [0.15, 0.2) is 24.3 Å². The SMILES string of the molecule is COCCCOc1cccc(NC(=O)C2CCC(N)C2)c1. The molecule has 5 nitrogen and oxygen atoms in total. The molecule has 3 N–H and O–H groups in total. The molecule has 21 heavy (non-hydrogen) atoms. The van der Waals surface area contributed by atoms with Gasteiger partial charge < -0.3 is 20.5 Å². The second kappa shape index (κ2) is 8.00. The largest absolute Gasteiger partial charge is 0.493 e. The fraction of sp³-hybridized carbons (Fsp3) is 0.562. The maximum atomic E-state index is 12.1. The Morgan fingerprint density at radius 3 is 2.95 bits per heavy atom. The molecule has 2 unspecified atom stereocenters. The van der Waals surface area contributed by atoms with Crippen LogP contribution in [0.5, 0.6) is 5.75 Å². The van der Waals surface area contributed by atoms with Crippen LogP contribution in [0, 0.1) is 5.92 Å². The third-order valence-corrected chi connectivity index (χ3v) is 3.71. The van der Waals surface area contributed by atoms with E-state index in [0.29, 0.717) is 13.2 Å². The Morgan fingerprint density at radius 1 is 1.38 bits per heavy atom. The lowest BCUT2D eigenvalue weighted by Gasteiger charge is -2.12. The minimum Gasteiger partial charge on any atom is -0.493 e. The summed E-state index contributed by atoms with van der Waals surface area (Å²) >= 11 is 0. The molecular weight excluding hydrogens is 268 g/mol. The molecule has 0 radical (unpaired) electrons. The van der Waals surface area contributed by atoms with Crippen molar-refractivity contribution in [2.45, 2.75) is 31.7 Å². The first-order chi connectivity index (χ1) is 10.2. The zero-order valence-corrected chi connectivity index (χ0v) is 12.5. The second-order valence-corrected chi connectivity index (χ2v) is 5.48. The van der Waals surface area contributed by atoms with Crippen LogP contribution >= 0.6 is 0 Å². The first kappa shape index (κ1) is 15.8. The summed E-state index contributed by atoms with van der Waals surface area (Å²) in [5.74, 6) is 0.845. The molecule has 0 saturated heterocycles. The van der Waals surface area contributed by atoms with Crippen LogP contribution in [-0.2, 0) is 9.53 Å². The Hall–Kier alpha value is -1.59. The summed E-state index contributed by atoms with van der Waals surface area (Å²) in [6.45, 7) is 1.28. The van der Waals surface area contributed by atoms with E-state index in [1.54, 1.807) is 7.11 Å². The van der Waals surface area contributed by atoms with Crippen LogP contribution in [0.1, 0.15) is 25.7 Å². The molecule has 0 aromatic heterocycles. The number of nitrogens with two attached hydrogens (primary N) is 1. The number of methoxy groups -OCH3 is 1. The number of benzene rings is 1. The molecule has 2 atom stereocenters. The number of anilines is 1. The third-order valence-electron chi connectivity index (χ3n) is 3.71. The Balaban J connectivity index is 1.84. The highest BCUT2D eigenvalue weighted by atomic mass is 16.5. The second-order valence-electron chi connectivity index (χ2n) is 5.48. The number of hydrogen-bond donors (Lipinski definition) is 2. The molecule has 0 aliphatic heterocycles. The molecule has 2 rings (SSSR count). The molecule has 1 aliphatic rings. The van der Waals surface area contributed by atoms with E-state index in [0.717, 1.165) is 37.1 Å². The van der Waals surface area contributed by atoms with Gasteiger partial charge in [-0.2, -0.15) is 0 Å². The highest BCUT2D eigenvalue weighted by molar-refractivity contribution is 5.92. The van der Waals surface area contributed by atoms with Crippen molar-refractivity contribution < 1.29 is 14.3 Å². The van der Waals surface area contributed by atoms with Crippen LogP contribution in [0.3, 0.4) is 0 Å². The lowest BCUT2D eigenvalue weighted by Crippen LogP contribution is -2.23. The Labute approximate surface area is 125 Å². The van der Waals surface area contributed by atoms with Gasteiger partial charge in [-0.25, -0.2) is 0 Å². The standard InChI is InChI=1S/C16H24N2O3/c1-20-8-3-9-21-15-5-2-4-14(11-15)18-16(19)12-6-7-13(17)10-12/h2,4-5,11-13H,3,6-10,17H2,1H3,(H,18,19). The van der Waals surface area contributed by atoms with E-state index in [1.165, 1.54) is 0 Å². The molecule has 1 amide bonds. The van der Waals surface area contributed by atoms with Gasteiger partial charge in [0.15, 0.2) is 0 Å². The summed E-state index contributed by atoms with van der Waals surface area (Å²) in [5.41, 5.74) is 6.62. The van der Waals surface area contributed by atoms with Crippen LogP contribution in [0.2, 0.25) is 0 Å². The molecule has 1 aliphatic carbocycles. The number of amides is 1. The molecule has 0 spiro atoms. The van der Waals surface area contributed by atoms with Crippen molar-refractivity contribution in [3.8, 4) is 5.75 Å². The summed E-state index contributed by atoms with van der Waals surface area (Å²) in [5, 5.41) is 2.95. The lowest BCUT2D eigenvalue weighted by atomic mass is 10.1. The highest BCUT2D eigenvalue weighted by Gasteiger charge is 2.27. The highest BCUT2D eigenvalue weighted by Crippen LogP contribution is 2.26. The Morgan fingerprint density at radius 2 is 2.24 bits per heavy atom. The van der Waals surface area contributed by atoms with E-state index in [-0.39, 0.29) is 17.9 Å². The van der Waals surface area contributed by atoms with Gasteiger partial charge in [0.25, 0.3) is 0 Å². The predicted octanol–water partition coefficient (Wildman–Crippen LogP) is 2.17. The van der Waals surface area contributed by atoms with Crippen molar-refractivity contribution in [3.63, 3.8) is 0 Å². The van der Waals surface area contributed by atoms with E-state index in [4.69, 9.17) is 15.2 Å². The average molecular weight is 292 g/mol. The van der Waals surface area contributed by atoms with Crippen LogP contribution < -0.4 is 15.8 Å². The molecule has 1 aromatic carbocycles. The van der Waals surface area contributed by atoms with Gasteiger partial charge in [-0.1, -0.05) is 6.07 Å². The van der Waals surface area contributed by atoms with E-state index < -0.39 is 0 Å². The maximum Gasteiger partial charge on any atom is 0.227 e. The van der Waals surface area contributed by atoms with Crippen molar-refractivity contribution in [2.24, 2.45) is 11.7 Å². The zero-order valence-electron chi connectivity index (χ0n) is 12.5. The molecule has 0 heterocycles. The van der Waals surface area contributed by atoms with Gasteiger partial charge in [0, 0.05) is 43.9 Å². The van der Waals surface area contributed by atoms with Gasteiger partial charge in [-0.05, 0) is 31.4 Å². The van der Waals surface area contributed by atoms with E-state index in [9.17, 15) is 4.79 Å². The summed E-state index contributed by atoms with van der Waals surface area (Å²) in [7, 11) is 1.67. The van der Waals surface area contributed by atoms with Gasteiger partial charge >= 0.3 is 0 Å². The zero-order chi connectivity index (χ0) is 15.1. The molecule has 5 heteroatoms. The lowest BCUT2D eigenvalue weighted by molar-refractivity contribution is -0.119. The minimum atomic E-state index is 0.0336. The van der Waals surface area contributed by atoms with E-state index in [1.807, 2.05) is 24.3 Å². The number of carbonyl (C=O) groups excluding carboxylic acids is 1. The predicted molar refractivity (Wildman–Crippen MR) is 82.4 cm³/mol. The number of nitrogens with one attached hydrogen (secondary N) is 1.